The third-order valence-electron chi connectivity index (χ3n) is 22.0. The van der Waals surface area contributed by atoms with Crippen molar-refractivity contribution in [2.24, 2.45) is 0 Å². The van der Waals surface area contributed by atoms with Gasteiger partial charge < -0.3 is 38.1 Å². The fraction of sp³-hybridized carbons (Fsp3) is 0.402. The minimum absolute atomic E-state index is 0.0147. The highest BCUT2D eigenvalue weighted by molar-refractivity contribution is 9.10. The molecule has 2 unspecified atom stereocenters. The Balaban J connectivity index is 0.000000121. The molecule has 0 fully saturated rings. The Bertz CT molecular complexity index is 5020. The molecule has 4 aromatic carbocycles. The lowest BCUT2D eigenvalue weighted by molar-refractivity contribution is -1.10. The Hall–Kier alpha value is -8.12. The van der Waals surface area contributed by atoms with Crippen LogP contribution in [0.1, 0.15) is 133 Å². The van der Waals surface area contributed by atoms with Gasteiger partial charge in [-0.2, -0.15) is 4.65 Å². The number of benzene rings is 4. The van der Waals surface area contributed by atoms with Gasteiger partial charge in [-0.15, -0.1) is 0 Å². The molecular weight excluding hydrogens is 1320 g/mol. The molecule has 12 heterocycles. The Kier molecular flexibility index (Phi) is 20.9. The summed E-state index contributed by atoms with van der Waals surface area (Å²) >= 11 is 3.83. The number of halogens is 1. The third kappa shape index (κ3) is 15.3. The zero-order chi connectivity index (χ0) is 72.1. The van der Waals surface area contributed by atoms with E-state index < -0.39 is 5.60 Å². The van der Waals surface area contributed by atoms with Gasteiger partial charge in [-0.1, -0.05) is 67.4 Å². The van der Waals surface area contributed by atoms with Crippen LogP contribution in [-0.2, 0) is 102 Å². The van der Waals surface area contributed by atoms with E-state index >= 15 is 0 Å². The average molecular weight is 1430 g/mol. The number of aliphatic hydroxyl groups is 1. The summed E-state index contributed by atoms with van der Waals surface area (Å²) in [7, 11) is 8.54. The van der Waals surface area contributed by atoms with Crippen LogP contribution < -0.4 is 0 Å². The van der Waals surface area contributed by atoms with Gasteiger partial charge in [-0.25, -0.2) is 5.21 Å². The lowest BCUT2D eigenvalue weighted by Crippen LogP contribution is -2.44. The summed E-state index contributed by atoms with van der Waals surface area (Å²) in [4.78, 5) is 24.7. The molecule has 2 atom stereocenters. The Morgan fingerprint density at radius 3 is 1.58 bits per heavy atom. The first-order valence-corrected chi connectivity index (χ1v) is 37.6. The molecule has 16 rings (SSSR count). The number of quaternary nitrogens is 1. The number of pyridine rings is 4. The molecule has 4 aliphatic rings. The third-order valence-corrected chi connectivity index (χ3v) is 22.6. The molecule has 4 aliphatic heterocycles. The molecule has 532 valence electrons. The van der Waals surface area contributed by atoms with Gasteiger partial charge in [0.15, 0.2) is 0 Å². The van der Waals surface area contributed by atoms with Crippen molar-refractivity contribution >= 4 is 59.5 Å². The van der Waals surface area contributed by atoms with Crippen LogP contribution in [0.2, 0.25) is 0 Å². The highest BCUT2D eigenvalue weighted by atomic mass is 79.9. The van der Waals surface area contributed by atoms with Crippen LogP contribution in [0.15, 0.2) is 145 Å². The lowest BCUT2D eigenvalue weighted by Gasteiger charge is -2.37. The molecule has 0 saturated carbocycles. The number of likely N-dealkylation sites (N-methyl/N-ethyl adjacent to an activating group) is 4. The maximum atomic E-state index is 11.2. The van der Waals surface area contributed by atoms with Crippen molar-refractivity contribution in [1.29, 1.82) is 0 Å². The first-order chi connectivity index (χ1) is 48.7. The maximum Gasteiger partial charge on any atom is 0.136 e. The number of hydroxylamine groups is 3. The average Bonchev–Trinajstić information content (AvgIpc) is 1.62. The summed E-state index contributed by atoms with van der Waals surface area (Å²) in [5.74, 6) is 0. The van der Waals surface area contributed by atoms with E-state index in [-0.39, 0.29) is 10.1 Å². The smallest absolute Gasteiger partial charge is 0.136 e. The van der Waals surface area contributed by atoms with E-state index in [9.17, 15) is 10.3 Å². The molecular formula is C87H106BrN12O2+. The van der Waals surface area contributed by atoms with E-state index in [1.807, 2.05) is 65.5 Å². The van der Waals surface area contributed by atoms with E-state index in [4.69, 9.17) is 0 Å². The van der Waals surface area contributed by atoms with Crippen molar-refractivity contribution in [1.82, 2.24) is 52.9 Å². The largest absolute Gasteiger partial charge is 0.384 e. The van der Waals surface area contributed by atoms with Gasteiger partial charge in [-0.05, 0) is 241 Å². The Morgan fingerprint density at radius 1 is 0.520 bits per heavy atom. The molecule has 102 heavy (non-hydrogen) atoms. The van der Waals surface area contributed by atoms with Crippen molar-refractivity contribution in [3.63, 3.8) is 0 Å². The molecule has 12 aromatic rings. The van der Waals surface area contributed by atoms with Crippen LogP contribution in [0.25, 0.3) is 43.6 Å². The summed E-state index contributed by atoms with van der Waals surface area (Å²) in [5, 5.41) is 27.2. The van der Waals surface area contributed by atoms with Crippen LogP contribution in [0.3, 0.4) is 0 Å². The number of hydrogen-bond acceptors (Lipinski definition) is 9. The van der Waals surface area contributed by atoms with E-state index in [0.29, 0.717) is 19.6 Å². The molecule has 0 aliphatic carbocycles. The van der Waals surface area contributed by atoms with E-state index in [1.54, 1.807) is 23.7 Å². The normalized spacial score (nSPS) is 17.2. The highest BCUT2D eigenvalue weighted by Gasteiger charge is 2.37. The number of fused-ring (bicyclic) bond motifs is 12. The van der Waals surface area contributed by atoms with Crippen molar-refractivity contribution in [3.8, 4) is 0 Å². The second-order valence-corrected chi connectivity index (χ2v) is 32.3. The molecule has 14 nitrogen and oxygen atoms in total. The van der Waals surface area contributed by atoms with Crippen LogP contribution in [0.5, 0.6) is 0 Å². The number of aryl methyl sites for hydroxylation is 14. The summed E-state index contributed by atoms with van der Waals surface area (Å²) in [5.41, 5.74) is 30.7. The zero-order valence-corrected chi connectivity index (χ0v) is 64.7. The van der Waals surface area contributed by atoms with E-state index in [0.717, 1.165) is 126 Å². The topological polar surface area (TPSA) is 121 Å². The predicted octanol–water partition coefficient (Wildman–Crippen LogP) is 16.6. The van der Waals surface area contributed by atoms with Crippen molar-refractivity contribution in [2.45, 2.75) is 178 Å². The number of nitrogens with zero attached hydrogens (tertiary/aromatic N) is 12. The van der Waals surface area contributed by atoms with Crippen molar-refractivity contribution in [2.75, 3.05) is 54.4 Å². The quantitative estimate of drug-likeness (QED) is 0.115. The fourth-order valence-corrected chi connectivity index (χ4v) is 17.7. The monoisotopic (exact) mass is 1430 g/mol. The molecule has 0 amide bonds. The van der Waals surface area contributed by atoms with Gasteiger partial charge in [-0.3, -0.25) is 19.9 Å². The second kappa shape index (κ2) is 29.6. The fourth-order valence-electron chi connectivity index (χ4n) is 16.9. The van der Waals surface area contributed by atoms with Gasteiger partial charge in [0.05, 0.1) is 24.6 Å². The van der Waals surface area contributed by atoms with E-state index in [1.165, 1.54) is 121 Å². The molecule has 15 heteroatoms. The minimum atomic E-state index is -0.998. The van der Waals surface area contributed by atoms with Crippen LogP contribution in [0, 0.1) is 55.4 Å². The SMILES string of the molecule is Cc1cc(Br)c2c(c1)c1c(n2CCc2ccc(C)nc2)CCN(C)C1.Cc1ccc(CCn2c3c(c4c(C)ccc(C)c42)CN(C)CC3)cn1.Cc1ccc2c(c1)c1c(n2CC(C)(O)c2ccncc2)CC[N+](C)(O)C1.Cc1ccc2c(c1)c1c(n2CCc2ccc(C)nc2)C(C)(C)CN(C)C1. The molecule has 0 spiro atoms. The Labute approximate surface area is 613 Å². The highest BCUT2D eigenvalue weighted by Crippen LogP contribution is 2.42. The number of hydrogen-bond donors (Lipinski definition) is 2. The van der Waals surface area contributed by atoms with Gasteiger partial charge in [0.1, 0.15) is 18.7 Å². The molecule has 0 radical (unpaired) electrons. The molecule has 0 bridgehead atoms. The molecule has 0 saturated heterocycles. The standard InChI is InChI=1S/C23H29N3.C22H27N3.C21H24BrN3.C21H26N3O2/c1-16-6-9-21-19(12-16)20-14-25(5)15-23(3,4)22(20)26(21)11-10-18-8-7-17(2)24-13-18;1-15-5-6-16(2)22-21(15)19-14-24(4)11-10-20(19)25(22)12-9-18-8-7-17(3)23-13-18;1-14-10-17-18-13-24(3)8-7-20(18)25(21(17)19(22)11-14)9-6-16-5-4-15(2)23-12-16;1-15-4-5-19-17(12-15)18-13-24(3,26)11-8-20(18)23(19)14-21(2,25)16-6-9-22-10-7-16/h6-9,12-13H,10-11,14-15H2,1-5H3;5-8,13H,9-12,14H2,1-4H3;4-5,10-12H,6-9,13H2,1-3H3;4-7,9-10,12,25-26H,8,11,13-14H2,1-3H3/q;;;+1. The first-order valence-electron chi connectivity index (χ1n) is 36.8. The molecule has 8 aromatic heterocycles. The Morgan fingerprint density at radius 2 is 1.01 bits per heavy atom. The molecule has 2 N–H and O–H groups in total. The lowest BCUT2D eigenvalue weighted by atomic mass is 9.82. The summed E-state index contributed by atoms with van der Waals surface area (Å²) < 4.78 is 11.2. The van der Waals surface area contributed by atoms with Crippen molar-refractivity contribution < 1.29 is 15.0 Å². The first kappa shape index (κ1) is 72.2. The van der Waals surface area contributed by atoms with Crippen LogP contribution in [0.4, 0.5) is 0 Å². The van der Waals surface area contributed by atoms with Gasteiger partial charge in [0.2, 0.25) is 0 Å². The van der Waals surface area contributed by atoms with Crippen LogP contribution in [-0.4, -0.2) is 122 Å². The summed E-state index contributed by atoms with van der Waals surface area (Å²) in [6.07, 6.45) is 15.6. The van der Waals surface area contributed by atoms with Crippen molar-refractivity contribution in [3.05, 3.63) is 257 Å². The number of rotatable bonds is 12. The predicted molar refractivity (Wildman–Crippen MR) is 421 cm³/mol. The second-order valence-electron chi connectivity index (χ2n) is 31.4. The van der Waals surface area contributed by atoms with Crippen LogP contribution >= 0.6 is 15.9 Å². The maximum absolute atomic E-state index is 11.2. The number of aromatic nitrogens is 8. The van der Waals surface area contributed by atoms with Gasteiger partial charge in [0, 0.05) is 197 Å². The minimum Gasteiger partial charge on any atom is -0.384 e. The van der Waals surface area contributed by atoms with Gasteiger partial charge >= 0.3 is 0 Å². The van der Waals surface area contributed by atoms with Gasteiger partial charge in [0.25, 0.3) is 0 Å². The van der Waals surface area contributed by atoms with E-state index in [2.05, 4.69) is 236 Å². The summed E-state index contributed by atoms with van der Waals surface area (Å²) in [6, 6.07) is 39.2. The summed E-state index contributed by atoms with van der Waals surface area (Å²) in [6.45, 7) is 35.0. The zero-order valence-electron chi connectivity index (χ0n) is 63.1.